The molecule has 2 rings (SSSR count). The van der Waals surface area contributed by atoms with Crippen molar-refractivity contribution in [2.75, 3.05) is 6.61 Å². The molecule has 1 heterocycles. The third-order valence-electron chi connectivity index (χ3n) is 3.43. The van der Waals surface area contributed by atoms with E-state index in [1.165, 1.54) is 12.8 Å². The molecule has 0 spiro atoms. The van der Waals surface area contributed by atoms with E-state index in [9.17, 15) is 5.26 Å². The molecule has 2 atom stereocenters. The standard InChI is InChI=1S/C12H20N2O/c1-9(2)11-7-12(8-13,5-6-15-11)14-10-3-4-10/h9-11,14H,3-7H2,1-2H3. The molecule has 3 nitrogen and oxygen atoms in total. The number of nitrogens with one attached hydrogen (secondary N) is 1. The highest BCUT2D eigenvalue weighted by Crippen LogP contribution is 2.32. The maximum atomic E-state index is 9.35. The van der Waals surface area contributed by atoms with Crippen LogP contribution in [0.2, 0.25) is 0 Å². The average molecular weight is 208 g/mol. The molecule has 0 aromatic rings. The Labute approximate surface area is 91.8 Å². The van der Waals surface area contributed by atoms with Crippen LogP contribution in [-0.4, -0.2) is 24.3 Å². The minimum Gasteiger partial charge on any atom is -0.378 e. The Hall–Kier alpha value is -0.590. The zero-order valence-electron chi connectivity index (χ0n) is 9.62. The molecular weight excluding hydrogens is 188 g/mol. The molecule has 1 aliphatic carbocycles. The molecule has 3 heteroatoms. The molecule has 2 fully saturated rings. The van der Waals surface area contributed by atoms with Crippen molar-refractivity contribution in [3.05, 3.63) is 0 Å². The molecule has 1 saturated carbocycles. The minimum atomic E-state index is -0.311. The van der Waals surface area contributed by atoms with Crippen molar-refractivity contribution in [1.29, 1.82) is 5.26 Å². The summed E-state index contributed by atoms with van der Waals surface area (Å²) >= 11 is 0. The summed E-state index contributed by atoms with van der Waals surface area (Å²) in [5.41, 5.74) is -0.311. The smallest absolute Gasteiger partial charge is 0.111 e. The molecule has 0 amide bonds. The highest BCUT2D eigenvalue weighted by molar-refractivity contribution is 5.12. The summed E-state index contributed by atoms with van der Waals surface area (Å²) in [6, 6.07) is 3.08. The van der Waals surface area contributed by atoms with Crippen LogP contribution in [0.25, 0.3) is 0 Å². The normalized spacial score (nSPS) is 36.5. The number of ether oxygens (including phenoxy) is 1. The van der Waals surface area contributed by atoms with Gasteiger partial charge in [-0.15, -0.1) is 0 Å². The first-order chi connectivity index (χ1) is 7.15. The van der Waals surface area contributed by atoms with Gasteiger partial charge in [-0.1, -0.05) is 13.8 Å². The van der Waals surface area contributed by atoms with Crippen molar-refractivity contribution in [3.8, 4) is 6.07 Å². The van der Waals surface area contributed by atoms with E-state index < -0.39 is 0 Å². The highest BCUT2D eigenvalue weighted by atomic mass is 16.5. The fourth-order valence-electron chi connectivity index (χ4n) is 2.20. The first kappa shape index (κ1) is 10.9. The molecule has 1 saturated heterocycles. The van der Waals surface area contributed by atoms with Crippen molar-refractivity contribution in [3.63, 3.8) is 0 Å². The lowest BCUT2D eigenvalue weighted by atomic mass is 9.84. The number of nitriles is 1. The van der Waals surface area contributed by atoms with E-state index in [4.69, 9.17) is 4.74 Å². The number of hydrogen-bond acceptors (Lipinski definition) is 3. The summed E-state index contributed by atoms with van der Waals surface area (Å²) in [5.74, 6) is 0.499. The van der Waals surface area contributed by atoms with Crippen LogP contribution < -0.4 is 5.32 Å². The molecule has 2 aliphatic rings. The number of nitrogens with zero attached hydrogens (tertiary/aromatic N) is 1. The van der Waals surface area contributed by atoms with E-state index in [0.717, 1.165) is 19.4 Å². The van der Waals surface area contributed by atoms with E-state index in [0.29, 0.717) is 12.0 Å². The molecule has 0 radical (unpaired) electrons. The quantitative estimate of drug-likeness (QED) is 0.769. The molecule has 15 heavy (non-hydrogen) atoms. The fraction of sp³-hybridized carbons (Fsp3) is 0.917. The van der Waals surface area contributed by atoms with Gasteiger partial charge in [-0.05, 0) is 18.8 Å². The van der Waals surface area contributed by atoms with Gasteiger partial charge in [0.1, 0.15) is 5.54 Å². The second kappa shape index (κ2) is 4.11. The summed E-state index contributed by atoms with van der Waals surface area (Å²) < 4.78 is 5.71. The van der Waals surface area contributed by atoms with Gasteiger partial charge in [-0.2, -0.15) is 5.26 Å². The highest BCUT2D eigenvalue weighted by Gasteiger charge is 2.41. The Morgan fingerprint density at radius 2 is 2.20 bits per heavy atom. The maximum absolute atomic E-state index is 9.35. The lowest BCUT2D eigenvalue weighted by molar-refractivity contribution is -0.0388. The van der Waals surface area contributed by atoms with Crippen LogP contribution in [-0.2, 0) is 4.74 Å². The van der Waals surface area contributed by atoms with Gasteiger partial charge in [0.25, 0.3) is 0 Å². The summed E-state index contributed by atoms with van der Waals surface area (Å²) in [6.45, 7) is 5.04. The van der Waals surface area contributed by atoms with Gasteiger partial charge in [0.2, 0.25) is 0 Å². The molecule has 84 valence electrons. The van der Waals surface area contributed by atoms with Gasteiger partial charge in [0.05, 0.1) is 12.2 Å². The summed E-state index contributed by atoms with van der Waals surface area (Å²) in [4.78, 5) is 0. The second-order valence-corrected chi connectivity index (χ2v) is 5.22. The van der Waals surface area contributed by atoms with Crippen LogP contribution in [0.1, 0.15) is 39.5 Å². The molecule has 2 unspecified atom stereocenters. The van der Waals surface area contributed by atoms with Gasteiger partial charge in [-0.25, -0.2) is 0 Å². The monoisotopic (exact) mass is 208 g/mol. The van der Waals surface area contributed by atoms with E-state index >= 15 is 0 Å². The van der Waals surface area contributed by atoms with Crippen LogP contribution >= 0.6 is 0 Å². The third-order valence-corrected chi connectivity index (χ3v) is 3.43. The molecule has 1 aliphatic heterocycles. The van der Waals surface area contributed by atoms with Crippen molar-refractivity contribution in [1.82, 2.24) is 5.32 Å². The fourth-order valence-corrected chi connectivity index (χ4v) is 2.20. The van der Waals surface area contributed by atoms with Crippen LogP contribution in [0.4, 0.5) is 0 Å². The van der Waals surface area contributed by atoms with Gasteiger partial charge in [-0.3, -0.25) is 5.32 Å². The Kier molecular flexibility index (Phi) is 2.99. The predicted octanol–water partition coefficient (Wildman–Crippen LogP) is 1.84. The molecule has 1 N–H and O–H groups in total. The Morgan fingerprint density at radius 1 is 1.47 bits per heavy atom. The lowest BCUT2D eigenvalue weighted by Crippen LogP contribution is -2.52. The van der Waals surface area contributed by atoms with Crippen LogP contribution in [0.15, 0.2) is 0 Å². The SMILES string of the molecule is CC(C)C1CC(C#N)(NC2CC2)CCO1. The zero-order chi connectivity index (χ0) is 10.9. The van der Waals surface area contributed by atoms with E-state index in [2.05, 4.69) is 25.2 Å². The minimum absolute atomic E-state index is 0.240. The van der Waals surface area contributed by atoms with Crippen LogP contribution in [0.3, 0.4) is 0 Å². The van der Waals surface area contributed by atoms with Crippen molar-refractivity contribution < 1.29 is 4.74 Å². The number of rotatable bonds is 3. The summed E-state index contributed by atoms with van der Waals surface area (Å²) in [5, 5.41) is 12.8. The predicted molar refractivity (Wildman–Crippen MR) is 58.3 cm³/mol. The summed E-state index contributed by atoms with van der Waals surface area (Å²) in [7, 11) is 0. The average Bonchev–Trinajstić information content (AvgIpc) is 3.02. The van der Waals surface area contributed by atoms with Gasteiger partial charge in [0.15, 0.2) is 0 Å². The first-order valence-corrected chi connectivity index (χ1v) is 5.96. The van der Waals surface area contributed by atoms with Crippen LogP contribution in [0, 0.1) is 17.2 Å². The molecule has 0 aromatic heterocycles. The van der Waals surface area contributed by atoms with Gasteiger partial charge >= 0.3 is 0 Å². The van der Waals surface area contributed by atoms with Gasteiger partial charge in [0, 0.05) is 25.5 Å². The van der Waals surface area contributed by atoms with Crippen molar-refractivity contribution >= 4 is 0 Å². The molecular formula is C12H20N2O. The Bertz CT molecular complexity index is 267. The Morgan fingerprint density at radius 3 is 2.73 bits per heavy atom. The largest absolute Gasteiger partial charge is 0.378 e. The maximum Gasteiger partial charge on any atom is 0.111 e. The van der Waals surface area contributed by atoms with Gasteiger partial charge < -0.3 is 4.74 Å². The van der Waals surface area contributed by atoms with E-state index in [-0.39, 0.29) is 11.6 Å². The van der Waals surface area contributed by atoms with E-state index in [1.54, 1.807) is 0 Å². The van der Waals surface area contributed by atoms with Crippen LogP contribution in [0.5, 0.6) is 0 Å². The van der Waals surface area contributed by atoms with Crippen molar-refractivity contribution in [2.24, 2.45) is 5.92 Å². The summed E-state index contributed by atoms with van der Waals surface area (Å²) in [6.07, 6.45) is 4.39. The number of hydrogen-bond donors (Lipinski definition) is 1. The van der Waals surface area contributed by atoms with Crippen molar-refractivity contribution in [2.45, 2.75) is 57.2 Å². The topological polar surface area (TPSA) is 45.0 Å². The third kappa shape index (κ3) is 2.50. The first-order valence-electron chi connectivity index (χ1n) is 5.96. The Balaban J connectivity index is 2.00. The zero-order valence-corrected chi connectivity index (χ0v) is 9.62. The van der Waals surface area contributed by atoms with E-state index in [1.807, 2.05) is 0 Å². The molecule has 0 bridgehead atoms. The lowest BCUT2D eigenvalue weighted by Gasteiger charge is -2.38. The second-order valence-electron chi connectivity index (χ2n) is 5.22. The molecule has 0 aromatic carbocycles.